The van der Waals surface area contributed by atoms with Crippen LogP contribution < -0.4 is 16.8 Å². The number of nitrogens with zero attached hydrogens (tertiary/aromatic N) is 6. The molecule has 0 saturated carbocycles. The van der Waals surface area contributed by atoms with Crippen molar-refractivity contribution in [3.05, 3.63) is 171 Å². The number of imidazole rings is 2. The normalized spacial score (nSPS) is 11.4. The third kappa shape index (κ3) is 11.1. The fourth-order valence-corrected chi connectivity index (χ4v) is 7.46. The zero-order chi connectivity index (χ0) is 46.5. The van der Waals surface area contributed by atoms with Crippen LogP contribution >= 0.6 is 15.9 Å². The van der Waals surface area contributed by atoms with Crippen LogP contribution in [0.4, 0.5) is 9.59 Å². The minimum atomic E-state index is -1.34. The smallest absolute Gasteiger partial charge is 0.443 e. The van der Waals surface area contributed by atoms with Crippen molar-refractivity contribution in [1.82, 2.24) is 27.4 Å². The van der Waals surface area contributed by atoms with Gasteiger partial charge in [-0.2, -0.15) is 9.13 Å². The van der Waals surface area contributed by atoms with E-state index in [4.69, 9.17) is 19.5 Å². The number of aromatic nitrogens is 6. The number of aryl methyl sites for hydroxylation is 2. The summed E-state index contributed by atoms with van der Waals surface area (Å²) in [5.41, 5.74) is 4.42. The minimum Gasteiger partial charge on any atom is -0.443 e. The molecule has 0 spiro atoms. The number of benzene rings is 4. The van der Waals surface area contributed by atoms with Crippen LogP contribution in [0.5, 0.6) is 0 Å². The summed E-state index contributed by atoms with van der Waals surface area (Å²) >= 11 is 3.45. The maximum atomic E-state index is 13.4. The van der Waals surface area contributed by atoms with Crippen LogP contribution in [0.3, 0.4) is 0 Å². The van der Waals surface area contributed by atoms with Gasteiger partial charge in [0.05, 0.1) is 35.2 Å². The SMILES string of the molecule is CC(C)(C)OC(=O)n1c(=O)n(Cc2ccccc2)c2cccc(Br)c21.Cn1ccc(-c2cccc3c2n(C(=O)OC(C)(C)C)c(=O)n3Cc2ccccc2)c1.Cn1ccc(B(O)O)c1. The molecular formula is C48H52BBrN6O8. The van der Waals surface area contributed by atoms with Crippen molar-refractivity contribution in [2.45, 2.75) is 65.8 Å². The molecule has 4 aromatic heterocycles. The van der Waals surface area contributed by atoms with Gasteiger partial charge in [-0.25, -0.2) is 19.2 Å². The molecular weight excluding hydrogens is 879 g/mol. The number of hydrogen-bond donors (Lipinski definition) is 2. The molecule has 0 unspecified atom stereocenters. The topological polar surface area (TPSA) is 157 Å². The minimum absolute atomic E-state index is 0.365. The summed E-state index contributed by atoms with van der Waals surface area (Å²) in [4.78, 5) is 52.1. The Hall–Kier alpha value is -6.62. The van der Waals surface area contributed by atoms with Crippen molar-refractivity contribution < 1.29 is 29.1 Å². The number of hydrogen-bond acceptors (Lipinski definition) is 8. The highest BCUT2D eigenvalue weighted by Gasteiger charge is 2.27. The van der Waals surface area contributed by atoms with E-state index in [9.17, 15) is 19.2 Å². The Balaban J connectivity index is 0.000000180. The molecule has 14 nitrogen and oxygen atoms in total. The van der Waals surface area contributed by atoms with Gasteiger partial charge >= 0.3 is 30.7 Å². The van der Waals surface area contributed by atoms with E-state index >= 15 is 0 Å². The Morgan fingerprint density at radius 1 is 0.594 bits per heavy atom. The fourth-order valence-electron chi connectivity index (χ4n) is 6.93. The molecule has 0 atom stereocenters. The van der Waals surface area contributed by atoms with Gasteiger partial charge in [0.2, 0.25) is 0 Å². The zero-order valence-electron chi connectivity index (χ0n) is 37.1. The van der Waals surface area contributed by atoms with Crippen LogP contribution in [-0.4, -0.2) is 68.0 Å². The summed E-state index contributed by atoms with van der Waals surface area (Å²) in [5.74, 6) is 0. The molecule has 0 saturated heterocycles. The summed E-state index contributed by atoms with van der Waals surface area (Å²) in [7, 11) is 2.42. The lowest BCUT2D eigenvalue weighted by Gasteiger charge is -2.19. The summed E-state index contributed by atoms with van der Waals surface area (Å²) in [6, 6.07) is 34.2. The van der Waals surface area contributed by atoms with Gasteiger partial charge in [0.1, 0.15) is 11.2 Å². The van der Waals surface area contributed by atoms with Crippen LogP contribution in [0.1, 0.15) is 52.7 Å². The van der Waals surface area contributed by atoms with Gasteiger partial charge in [-0.05, 0) is 104 Å². The number of carbonyl (C=O) groups is 2. The third-order valence-electron chi connectivity index (χ3n) is 9.67. The summed E-state index contributed by atoms with van der Waals surface area (Å²) in [6.07, 6.45) is 5.96. The third-order valence-corrected chi connectivity index (χ3v) is 10.3. The highest BCUT2D eigenvalue weighted by molar-refractivity contribution is 9.10. The van der Waals surface area contributed by atoms with Crippen molar-refractivity contribution in [1.29, 1.82) is 0 Å². The van der Waals surface area contributed by atoms with Crippen LogP contribution in [0.25, 0.3) is 33.2 Å². The van der Waals surface area contributed by atoms with Crippen molar-refractivity contribution in [3.63, 3.8) is 0 Å². The van der Waals surface area contributed by atoms with Crippen LogP contribution in [0, 0.1) is 0 Å². The summed E-state index contributed by atoms with van der Waals surface area (Å²) in [6.45, 7) is 11.4. The Labute approximate surface area is 379 Å². The average Bonchev–Trinajstić information content (AvgIpc) is 4.00. The molecule has 0 aliphatic carbocycles. The van der Waals surface area contributed by atoms with Gasteiger partial charge in [0, 0.05) is 54.5 Å². The Morgan fingerprint density at radius 2 is 1.05 bits per heavy atom. The molecule has 0 aliphatic heterocycles. The highest BCUT2D eigenvalue weighted by atomic mass is 79.9. The Morgan fingerprint density at radius 3 is 1.47 bits per heavy atom. The molecule has 332 valence electrons. The molecule has 8 rings (SSSR count). The van der Waals surface area contributed by atoms with Crippen LogP contribution in [0.15, 0.2) is 148 Å². The maximum absolute atomic E-state index is 13.4. The van der Waals surface area contributed by atoms with Crippen LogP contribution in [0.2, 0.25) is 0 Å². The molecule has 0 radical (unpaired) electrons. The van der Waals surface area contributed by atoms with Crippen molar-refractivity contribution in [2.75, 3.05) is 0 Å². The van der Waals surface area contributed by atoms with E-state index in [1.54, 1.807) is 79.8 Å². The summed E-state index contributed by atoms with van der Waals surface area (Å²) in [5, 5.41) is 17.2. The standard InChI is InChI=1S/C24H25N3O3.C19H19BrN2O3.C5H8BNO2/c1-24(2,3)30-23(29)27-21-19(18-13-14-25(4)16-18)11-8-12-20(21)26(22(27)28)15-17-9-6-5-7-10-17;1-19(2,3)25-18(24)22-16-14(20)10-7-11-15(16)21(17(22)23)12-13-8-5-4-6-9-13;1-7-3-2-5(4-7)6(8)9/h5-14,16H,15H2,1-4H3;4-11H,12H2,1-3H3;2-4,8-9H,1H3. The molecule has 2 N–H and O–H groups in total. The van der Waals surface area contributed by atoms with E-state index in [1.165, 1.54) is 0 Å². The lowest BCUT2D eigenvalue weighted by atomic mass is 9.83. The second-order valence-electron chi connectivity index (χ2n) is 17.2. The van der Waals surface area contributed by atoms with Crippen molar-refractivity contribution >= 4 is 62.8 Å². The first-order chi connectivity index (χ1) is 30.2. The fraction of sp³-hybridized carbons (Fsp3) is 0.250. The first-order valence-corrected chi connectivity index (χ1v) is 21.3. The molecule has 0 aliphatic rings. The van der Waals surface area contributed by atoms with E-state index in [1.807, 2.05) is 128 Å². The predicted octanol–water partition coefficient (Wildman–Crippen LogP) is 7.74. The lowest BCUT2D eigenvalue weighted by Crippen LogP contribution is -2.34. The molecule has 8 aromatic rings. The molecule has 16 heteroatoms. The summed E-state index contributed by atoms with van der Waals surface area (Å²) < 4.78 is 20.8. The van der Waals surface area contributed by atoms with Gasteiger partial charge in [-0.15, -0.1) is 0 Å². The highest BCUT2D eigenvalue weighted by Crippen LogP contribution is 2.30. The number of carbonyl (C=O) groups excluding carboxylic acids is 2. The molecule has 4 aromatic carbocycles. The van der Waals surface area contributed by atoms with E-state index in [-0.39, 0.29) is 0 Å². The van der Waals surface area contributed by atoms with Gasteiger partial charge in [-0.3, -0.25) is 9.13 Å². The van der Waals surface area contributed by atoms with Gasteiger partial charge in [0.25, 0.3) is 0 Å². The van der Waals surface area contributed by atoms with E-state index < -0.39 is 41.9 Å². The van der Waals surface area contributed by atoms with Gasteiger partial charge < -0.3 is 28.7 Å². The monoisotopic (exact) mass is 930 g/mol. The molecule has 0 amide bonds. The quantitative estimate of drug-likeness (QED) is 0.161. The van der Waals surface area contributed by atoms with Crippen LogP contribution in [-0.2, 0) is 36.7 Å². The van der Waals surface area contributed by atoms with Gasteiger partial charge in [0.15, 0.2) is 0 Å². The molecule has 0 fully saturated rings. The van der Waals surface area contributed by atoms with E-state index in [0.29, 0.717) is 45.1 Å². The molecule has 4 heterocycles. The van der Waals surface area contributed by atoms with Gasteiger partial charge in [-0.1, -0.05) is 78.9 Å². The lowest BCUT2D eigenvalue weighted by molar-refractivity contribution is 0.0525. The number of para-hydroxylation sites is 2. The maximum Gasteiger partial charge on any atom is 0.489 e. The number of ether oxygens (including phenoxy) is 2. The molecule has 64 heavy (non-hydrogen) atoms. The number of fused-ring (bicyclic) bond motifs is 2. The second kappa shape index (κ2) is 19.4. The molecule has 0 bridgehead atoms. The van der Waals surface area contributed by atoms with Crippen molar-refractivity contribution in [2.24, 2.45) is 14.1 Å². The predicted molar refractivity (Wildman–Crippen MR) is 254 cm³/mol. The average molecular weight is 932 g/mol. The largest absolute Gasteiger partial charge is 0.489 e. The number of rotatable bonds is 6. The Bertz CT molecular complexity index is 3020. The van der Waals surface area contributed by atoms with Crippen molar-refractivity contribution in [3.8, 4) is 11.1 Å². The van der Waals surface area contributed by atoms with E-state index in [2.05, 4.69) is 15.9 Å². The zero-order valence-corrected chi connectivity index (χ0v) is 38.7. The van der Waals surface area contributed by atoms with E-state index in [0.717, 1.165) is 31.4 Å². The number of halogens is 1. The first kappa shape index (κ1) is 46.9. The second-order valence-corrected chi connectivity index (χ2v) is 18.0. The first-order valence-electron chi connectivity index (χ1n) is 20.5. The Kier molecular flexibility index (Phi) is 14.2.